The Balaban J connectivity index is 2.85. The van der Waals surface area contributed by atoms with Gasteiger partial charge in [-0.3, -0.25) is 0 Å². The maximum Gasteiger partial charge on any atom is 0.124 e. The summed E-state index contributed by atoms with van der Waals surface area (Å²) in [4.78, 5) is 0. The fraction of sp³-hybridized carbons (Fsp3) is 0.571. The van der Waals surface area contributed by atoms with Crippen molar-refractivity contribution in [3.63, 3.8) is 0 Å². The van der Waals surface area contributed by atoms with Crippen molar-refractivity contribution in [3.05, 3.63) is 28.2 Å². The van der Waals surface area contributed by atoms with E-state index in [1.165, 1.54) is 0 Å². The highest BCUT2D eigenvalue weighted by Gasteiger charge is 2.23. The molecule has 0 saturated carbocycles. The largest absolute Gasteiger partial charge is 0.490 e. The molecule has 0 amide bonds. The summed E-state index contributed by atoms with van der Waals surface area (Å²) in [5, 5.41) is 10.2. The van der Waals surface area contributed by atoms with Crippen molar-refractivity contribution in [2.24, 2.45) is 5.73 Å². The summed E-state index contributed by atoms with van der Waals surface area (Å²) in [5.41, 5.74) is 6.11. The molecule has 0 radical (unpaired) electrons. The molecule has 0 unspecified atom stereocenters. The Morgan fingerprint density at radius 3 is 2.50 bits per heavy atom. The first kappa shape index (κ1) is 15.5. The lowest BCUT2D eigenvalue weighted by molar-refractivity contribution is -0.0116. The number of rotatable bonds is 6. The molecule has 0 saturated heterocycles. The van der Waals surface area contributed by atoms with Gasteiger partial charge in [0.1, 0.15) is 12.4 Å². The SMILES string of the molecule is CCC(O)(CC)COc1ccc(Br)cc1[C@H](C)N. The van der Waals surface area contributed by atoms with E-state index >= 15 is 0 Å². The fourth-order valence-corrected chi connectivity index (χ4v) is 2.05. The van der Waals surface area contributed by atoms with Gasteiger partial charge in [0, 0.05) is 16.1 Å². The molecule has 3 nitrogen and oxygen atoms in total. The van der Waals surface area contributed by atoms with Crippen molar-refractivity contribution in [1.29, 1.82) is 0 Å². The molecule has 0 fully saturated rings. The number of hydrogen-bond acceptors (Lipinski definition) is 3. The molecule has 1 rings (SSSR count). The van der Waals surface area contributed by atoms with Gasteiger partial charge in [0.05, 0.1) is 5.60 Å². The van der Waals surface area contributed by atoms with Crippen molar-refractivity contribution in [2.75, 3.05) is 6.61 Å². The molecule has 1 atom stereocenters. The third kappa shape index (κ3) is 3.97. The van der Waals surface area contributed by atoms with Crippen LogP contribution >= 0.6 is 15.9 Å². The molecule has 0 aliphatic carbocycles. The van der Waals surface area contributed by atoms with Crippen molar-refractivity contribution >= 4 is 15.9 Å². The van der Waals surface area contributed by atoms with Crippen LogP contribution < -0.4 is 10.5 Å². The van der Waals surface area contributed by atoms with E-state index in [4.69, 9.17) is 10.5 Å². The maximum atomic E-state index is 10.2. The highest BCUT2D eigenvalue weighted by atomic mass is 79.9. The van der Waals surface area contributed by atoms with Crippen LogP contribution in [0.25, 0.3) is 0 Å². The van der Waals surface area contributed by atoms with Crippen LogP contribution in [0.1, 0.15) is 45.2 Å². The van der Waals surface area contributed by atoms with Crippen molar-refractivity contribution < 1.29 is 9.84 Å². The quantitative estimate of drug-likeness (QED) is 0.846. The van der Waals surface area contributed by atoms with Crippen molar-refractivity contribution in [3.8, 4) is 5.75 Å². The van der Waals surface area contributed by atoms with E-state index in [0.717, 1.165) is 15.8 Å². The summed E-state index contributed by atoms with van der Waals surface area (Å²) in [6.45, 7) is 6.13. The van der Waals surface area contributed by atoms with Gasteiger partial charge in [-0.15, -0.1) is 0 Å². The molecule has 0 aliphatic rings. The van der Waals surface area contributed by atoms with Crippen LogP contribution in [0.3, 0.4) is 0 Å². The van der Waals surface area contributed by atoms with Crippen LogP contribution in [0.5, 0.6) is 5.75 Å². The number of ether oxygens (including phenoxy) is 1. The normalized spacial score (nSPS) is 13.4. The number of hydrogen-bond donors (Lipinski definition) is 2. The molecule has 4 heteroatoms. The Bertz CT molecular complexity index is 389. The zero-order valence-corrected chi connectivity index (χ0v) is 12.8. The third-order valence-electron chi connectivity index (χ3n) is 3.27. The molecule has 0 heterocycles. The lowest BCUT2D eigenvalue weighted by Gasteiger charge is -2.26. The number of nitrogens with two attached hydrogens (primary N) is 1. The van der Waals surface area contributed by atoms with Gasteiger partial charge in [-0.2, -0.15) is 0 Å². The lowest BCUT2D eigenvalue weighted by Crippen LogP contribution is -2.34. The Labute approximate surface area is 117 Å². The molecule has 1 aromatic rings. The minimum absolute atomic E-state index is 0.103. The monoisotopic (exact) mass is 315 g/mol. The van der Waals surface area contributed by atoms with Crippen LogP contribution in [0.2, 0.25) is 0 Å². The Morgan fingerprint density at radius 2 is 2.00 bits per heavy atom. The molecule has 102 valence electrons. The molecule has 3 N–H and O–H groups in total. The van der Waals surface area contributed by atoms with Crippen molar-refractivity contribution in [1.82, 2.24) is 0 Å². The summed E-state index contributed by atoms with van der Waals surface area (Å²) in [7, 11) is 0. The number of benzene rings is 1. The van der Waals surface area contributed by atoms with E-state index < -0.39 is 5.60 Å². The molecule has 1 aromatic carbocycles. The second-order valence-electron chi connectivity index (χ2n) is 4.69. The highest BCUT2D eigenvalue weighted by Crippen LogP contribution is 2.28. The van der Waals surface area contributed by atoms with Crippen LogP contribution in [0, 0.1) is 0 Å². The minimum atomic E-state index is -0.762. The first-order valence-electron chi connectivity index (χ1n) is 6.32. The average molecular weight is 316 g/mol. The lowest BCUT2D eigenvalue weighted by atomic mass is 9.99. The first-order chi connectivity index (χ1) is 8.41. The smallest absolute Gasteiger partial charge is 0.124 e. The van der Waals surface area contributed by atoms with Gasteiger partial charge in [0.25, 0.3) is 0 Å². The Kier molecular flexibility index (Phi) is 5.63. The van der Waals surface area contributed by atoms with E-state index in [0.29, 0.717) is 19.4 Å². The summed E-state index contributed by atoms with van der Waals surface area (Å²) < 4.78 is 6.72. The van der Waals surface area contributed by atoms with Crippen LogP contribution in [-0.4, -0.2) is 17.3 Å². The van der Waals surface area contributed by atoms with Gasteiger partial charge in [0.2, 0.25) is 0 Å². The summed E-state index contributed by atoms with van der Waals surface area (Å²) in [6.07, 6.45) is 1.35. The van der Waals surface area contributed by atoms with Crippen molar-refractivity contribution in [2.45, 2.75) is 45.3 Å². The molecular formula is C14H22BrNO2. The van der Waals surface area contributed by atoms with Crippen LogP contribution in [-0.2, 0) is 0 Å². The molecule has 0 aliphatic heterocycles. The predicted octanol–water partition coefficient (Wildman–Crippen LogP) is 3.40. The van der Waals surface area contributed by atoms with Gasteiger partial charge in [-0.1, -0.05) is 29.8 Å². The fourth-order valence-electron chi connectivity index (χ4n) is 1.67. The summed E-state index contributed by atoms with van der Waals surface area (Å²) in [5.74, 6) is 0.744. The van der Waals surface area contributed by atoms with E-state index in [-0.39, 0.29) is 6.04 Å². The zero-order chi connectivity index (χ0) is 13.8. The standard InChI is InChI=1S/C14H22BrNO2/c1-4-14(17,5-2)9-18-13-7-6-11(15)8-12(13)10(3)16/h6-8,10,17H,4-5,9,16H2,1-3H3/t10-/m0/s1. The first-order valence-corrected chi connectivity index (χ1v) is 7.11. The molecular weight excluding hydrogens is 294 g/mol. The Morgan fingerprint density at radius 1 is 1.39 bits per heavy atom. The topological polar surface area (TPSA) is 55.5 Å². The molecule has 0 aromatic heterocycles. The highest BCUT2D eigenvalue weighted by molar-refractivity contribution is 9.10. The zero-order valence-electron chi connectivity index (χ0n) is 11.2. The number of halogens is 1. The second-order valence-corrected chi connectivity index (χ2v) is 5.61. The predicted molar refractivity (Wildman–Crippen MR) is 77.8 cm³/mol. The van der Waals surface area contributed by atoms with E-state index in [1.807, 2.05) is 39.0 Å². The van der Waals surface area contributed by atoms with Gasteiger partial charge >= 0.3 is 0 Å². The number of aliphatic hydroxyl groups is 1. The van der Waals surface area contributed by atoms with Gasteiger partial charge in [0.15, 0.2) is 0 Å². The van der Waals surface area contributed by atoms with E-state index in [2.05, 4.69) is 15.9 Å². The Hall–Kier alpha value is -0.580. The summed E-state index contributed by atoms with van der Waals surface area (Å²) in [6, 6.07) is 5.65. The van der Waals surface area contributed by atoms with Gasteiger partial charge in [-0.05, 0) is 38.0 Å². The van der Waals surface area contributed by atoms with E-state index in [1.54, 1.807) is 0 Å². The maximum absolute atomic E-state index is 10.2. The van der Waals surface area contributed by atoms with E-state index in [9.17, 15) is 5.11 Å². The second kappa shape index (κ2) is 6.55. The molecule has 0 bridgehead atoms. The summed E-state index contributed by atoms with van der Waals surface area (Å²) >= 11 is 3.42. The third-order valence-corrected chi connectivity index (χ3v) is 3.77. The van der Waals surface area contributed by atoms with Crippen LogP contribution in [0.15, 0.2) is 22.7 Å². The van der Waals surface area contributed by atoms with Crippen LogP contribution in [0.4, 0.5) is 0 Å². The minimum Gasteiger partial charge on any atom is -0.490 e. The van der Waals surface area contributed by atoms with Gasteiger partial charge < -0.3 is 15.6 Å². The average Bonchev–Trinajstić information content (AvgIpc) is 2.36. The van der Waals surface area contributed by atoms with Gasteiger partial charge in [-0.25, -0.2) is 0 Å². The molecule has 18 heavy (non-hydrogen) atoms. The molecule has 0 spiro atoms.